The maximum absolute atomic E-state index is 13.6. The zero-order valence-electron chi connectivity index (χ0n) is 17.8. The number of hydrogen-bond donors (Lipinski definition) is 0. The van der Waals surface area contributed by atoms with Crippen LogP contribution in [0, 0.1) is 0 Å². The van der Waals surface area contributed by atoms with Crippen LogP contribution in [0.2, 0.25) is 5.28 Å². The van der Waals surface area contributed by atoms with Crippen LogP contribution >= 0.6 is 11.6 Å². The SMILES string of the molecule is O=c1c2c(nc(Cl)n2Cc2ccccc2)n(Cc2ccccc2)c(=O)n1Cc1ccccc1. The Bertz CT molecular complexity index is 1520. The van der Waals surface area contributed by atoms with Crippen LogP contribution in [0.3, 0.4) is 0 Å². The molecule has 0 fully saturated rings. The number of imidazole rings is 1. The fraction of sp³-hybridized carbons (Fsp3) is 0.115. The average Bonchev–Trinajstić information content (AvgIpc) is 3.17. The second-order valence-corrected chi connectivity index (χ2v) is 8.19. The van der Waals surface area contributed by atoms with Gasteiger partial charge in [0.05, 0.1) is 19.6 Å². The van der Waals surface area contributed by atoms with Crippen LogP contribution in [0.4, 0.5) is 0 Å². The summed E-state index contributed by atoms with van der Waals surface area (Å²) in [5, 5.41) is 0.171. The summed E-state index contributed by atoms with van der Waals surface area (Å²) >= 11 is 6.52. The van der Waals surface area contributed by atoms with Crippen molar-refractivity contribution in [1.82, 2.24) is 18.7 Å². The number of benzene rings is 3. The number of rotatable bonds is 6. The van der Waals surface area contributed by atoms with Crippen LogP contribution in [0.25, 0.3) is 11.2 Å². The first-order valence-corrected chi connectivity index (χ1v) is 11.0. The Morgan fingerprint density at radius 2 is 1.03 bits per heavy atom. The summed E-state index contributed by atoms with van der Waals surface area (Å²) in [6.45, 7) is 0.821. The lowest BCUT2D eigenvalue weighted by atomic mass is 10.2. The number of aromatic nitrogens is 4. The molecule has 2 aromatic heterocycles. The molecule has 6 nitrogen and oxygen atoms in total. The first kappa shape index (κ1) is 21.0. The summed E-state index contributed by atoms with van der Waals surface area (Å²) in [5.41, 5.74) is 2.56. The first-order chi connectivity index (χ1) is 16.1. The minimum atomic E-state index is -0.416. The molecule has 0 unspecified atom stereocenters. The third kappa shape index (κ3) is 4.13. The van der Waals surface area contributed by atoms with E-state index in [1.165, 1.54) is 9.13 Å². The number of halogens is 1. The normalized spacial score (nSPS) is 11.2. The standard InChI is InChI=1S/C26H21ClN4O2/c27-25-28-23-22(29(25)16-19-10-4-1-5-11-19)24(32)31(18-21-14-8-3-9-15-21)26(33)30(23)17-20-12-6-2-7-13-20/h1-15H,16-18H2. The van der Waals surface area contributed by atoms with Gasteiger partial charge in [0.1, 0.15) is 0 Å². The second-order valence-electron chi connectivity index (χ2n) is 7.86. The van der Waals surface area contributed by atoms with E-state index in [9.17, 15) is 9.59 Å². The van der Waals surface area contributed by atoms with Crippen molar-refractivity contribution in [3.63, 3.8) is 0 Å². The van der Waals surface area contributed by atoms with Gasteiger partial charge in [-0.2, -0.15) is 4.98 Å². The zero-order chi connectivity index (χ0) is 22.8. The molecule has 0 aliphatic carbocycles. The molecular formula is C26H21ClN4O2. The second kappa shape index (κ2) is 8.92. The molecule has 0 aliphatic rings. The van der Waals surface area contributed by atoms with E-state index < -0.39 is 11.2 Å². The van der Waals surface area contributed by atoms with E-state index in [0.29, 0.717) is 17.7 Å². The predicted molar refractivity (Wildman–Crippen MR) is 130 cm³/mol. The Labute approximate surface area is 195 Å². The van der Waals surface area contributed by atoms with Crippen LogP contribution in [0.15, 0.2) is 101 Å². The molecule has 0 saturated heterocycles. The molecule has 0 N–H and O–H groups in total. The van der Waals surface area contributed by atoms with Gasteiger partial charge in [-0.1, -0.05) is 91.0 Å². The lowest BCUT2D eigenvalue weighted by Crippen LogP contribution is -2.41. The van der Waals surface area contributed by atoms with Gasteiger partial charge >= 0.3 is 5.69 Å². The topological polar surface area (TPSA) is 61.8 Å². The summed E-state index contributed by atoms with van der Waals surface area (Å²) in [7, 11) is 0. The third-order valence-electron chi connectivity index (χ3n) is 5.62. The van der Waals surface area contributed by atoms with Gasteiger partial charge in [-0.05, 0) is 28.3 Å². The Morgan fingerprint density at radius 3 is 1.52 bits per heavy atom. The van der Waals surface area contributed by atoms with E-state index in [1.807, 2.05) is 91.0 Å². The largest absolute Gasteiger partial charge is 0.333 e. The molecule has 0 spiro atoms. The van der Waals surface area contributed by atoms with Gasteiger partial charge in [0.2, 0.25) is 5.28 Å². The zero-order valence-corrected chi connectivity index (χ0v) is 18.5. The molecular weight excluding hydrogens is 436 g/mol. The van der Waals surface area contributed by atoms with Crippen molar-refractivity contribution < 1.29 is 0 Å². The van der Waals surface area contributed by atoms with Crippen LogP contribution in [-0.2, 0) is 19.6 Å². The number of hydrogen-bond acceptors (Lipinski definition) is 3. The molecule has 0 bridgehead atoms. The smallest absolute Gasteiger partial charge is 0.304 e. The number of fused-ring (bicyclic) bond motifs is 1. The fourth-order valence-corrected chi connectivity index (χ4v) is 4.21. The van der Waals surface area contributed by atoms with Crippen molar-refractivity contribution >= 4 is 22.8 Å². The van der Waals surface area contributed by atoms with Crippen molar-refractivity contribution in [1.29, 1.82) is 0 Å². The van der Waals surface area contributed by atoms with E-state index in [0.717, 1.165) is 16.7 Å². The van der Waals surface area contributed by atoms with Gasteiger partial charge in [0.15, 0.2) is 11.2 Å². The minimum Gasteiger partial charge on any atom is -0.304 e. The molecule has 3 aromatic carbocycles. The lowest BCUT2D eigenvalue weighted by molar-refractivity contribution is 0.628. The van der Waals surface area contributed by atoms with E-state index in [1.54, 1.807) is 4.57 Å². The minimum absolute atomic E-state index is 0.164. The Kier molecular flexibility index (Phi) is 5.67. The first-order valence-electron chi connectivity index (χ1n) is 10.6. The highest BCUT2D eigenvalue weighted by atomic mass is 35.5. The van der Waals surface area contributed by atoms with Crippen LogP contribution in [-0.4, -0.2) is 18.7 Å². The van der Waals surface area contributed by atoms with E-state index >= 15 is 0 Å². The molecule has 33 heavy (non-hydrogen) atoms. The summed E-state index contributed by atoms with van der Waals surface area (Å²) in [5.74, 6) is 0. The molecule has 0 aliphatic heterocycles. The molecule has 7 heteroatoms. The molecule has 5 rings (SSSR count). The maximum atomic E-state index is 13.6. The van der Waals surface area contributed by atoms with Crippen molar-refractivity contribution in [3.8, 4) is 0 Å². The molecule has 0 amide bonds. The highest BCUT2D eigenvalue weighted by Crippen LogP contribution is 2.19. The van der Waals surface area contributed by atoms with Crippen molar-refractivity contribution in [2.45, 2.75) is 19.6 Å². The van der Waals surface area contributed by atoms with Crippen molar-refractivity contribution in [3.05, 3.63) is 134 Å². The third-order valence-corrected chi connectivity index (χ3v) is 5.91. The Morgan fingerprint density at radius 1 is 0.606 bits per heavy atom. The summed E-state index contributed by atoms with van der Waals surface area (Å²) in [6.07, 6.45) is 0. The lowest BCUT2D eigenvalue weighted by Gasteiger charge is -2.13. The predicted octanol–water partition coefficient (Wildman–Crippen LogP) is 4.16. The monoisotopic (exact) mass is 456 g/mol. The van der Waals surface area contributed by atoms with E-state index in [-0.39, 0.29) is 18.4 Å². The summed E-state index contributed by atoms with van der Waals surface area (Å²) in [6, 6.07) is 28.8. The molecule has 0 radical (unpaired) electrons. The van der Waals surface area contributed by atoms with Crippen LogP contribution in [0.1, 0.15) is 16.7 Å². The van der Waals surface area contributed by atoms with Gasteiger partial charge in [-0.25, -0.2) is 4.79 Å². The van der Waals surface area contributed by atoms with Crippen molar-refractivity contribution in [2.24, 2.45) is 0 Å². The Balaban J connectivity index is 1.74. The van der Waals surface area contributed by atoms with Crippen LogP contribution < -0.4 is 11.2 Å². The molecule has 2 heterocycles. The fourth-order valence-electron chi connectivity index (χ4n) is 3.99. The molecule has 0 saturated carbocycles. The van der Waals surface area contributed by atoms with E-state index in [2.05, 4.69) is 4.98 Å². The van der Waals surface area contributed by atoms with Gasteiger partial charge in [0, 0.05) is 0 Å². The number of nitrogens with zero attached hydrogens (tertiary/aromatic N) is 4. The quantitative estimate of drug-likeness (QED) is 0.360. The van der Waals surface area contributed by atoms with Crippen molar-refractivity contribution in [2.75, 3.05) is 0 Å². The van der Waals surface area contributed by atoms with Gasteiger partial charge in [0.25, 0.3) is 5.56 Å². The average molecular weight is 457 g/mol. The molecule has 5 aromatic rings. The van der Waals surface area contributed by atoms with Gasteiger partial charge in [-0.15, -0.1) is 0 Å². The summed E-state index contributed by atoms with van der Waals surface area (Å²) < 4.78 is 4.47. The van der Waals surface area contributed by atoms with Gasteiger partial charge < -0.3 is 4.57 Å². The maximum Gasteiger partial charge on any atom is 0.333 e. The Hall–Kier alpha value is -3.90. The highest BCUT2D eigenvalue weighted by molar-refractivity contribution is 6.29. The van der Waals surface area contributed by atoms with Crippen LogP contribution in [0.5, 0.6) is 0 Å². The highest BCUT2D eigenvalue weighted by Gasteiger charge is 2.21. The van der Waals surface area contributed by atoms with E-state index in [4.69, 9.17) is 11.6 Å². The van der Waals surface area contributed by atoms with Gasteiger partial charge in [-0.3, -0.25) is 13.9 Å². The molecule has 164 valence electrons. The molecule has 0 atom stereocenters. The summed E-state index contributed by atoms with van der Waals surface area (Å²) in [4.78, 5) is 31.6.